The molecular weight excluding hydrogens is 300 g/mol. The summed E-state index contributed by atoms with van der Waals surface area (Å²) in [6.07, 6.45) is 0.710. The monoisotopic (exact) mass is 316 g/mol. The van der Waals surface area contributed by atoms with Crippen molar-refractivity contribution in [2.75, 3.05) is 18.4 Å². The lowest BCUT2D eigenvalue weighted by Crippen LogP contribution is -2.41. The third-order valence-corrected chi connectivity index (χ3v) is 3.06. The maximum Gasteiger partial charge on any atom is 0.324 e. The predicted octanol–water partition coefficient (Wildman–Crippen LogP) is 0.740. The summed E-state index contributed by atoms with van der Waals surface area (Å²) in [5, 5.41) is 28.3. The number of nitrogens with one attached hydrogen (secondary N) is 1. The molecule has 3 N–H and O–H groups in total. The number of nitrogens with zero attached hydrogens (tertiary/aromatic N) is 3. The molecule has 0 radical (unpaired) electrons. The van der Waals surface area contributed by atoms with Gasteiger partial charge in [0, 0.05) is 6.42 Å². The maximum atomic E-state index is 11.8. The van der Waals surface area contributed by atoms with Gasteiger partial charge in [0.2, 0.25) is 5.13 Å². The fraction of sp³-hybridized carbons (Fsp3) is 0.545. The quantitative estimate of drug-likeness (QED) is 0.675. The summed E-state index contributed by atoms with van der Waals surface area (Å²) in [5.74, 6) is -2.22. The van der Waals surface area contributed by atoms with E-state index in [9.17, 15) is 14.4 Å². The molecule has 0 fully saturated rings. The number of anilines is 1. The molecule has 0 saturated carbocycles. The standard InChI is InChI=1S/C11H16N4O5S/c1-6(2)3-7-13-14-10(21-7)12-11(20)15(4-8(16)17)5-9(18)19/h6H,3-5H2,1-2H3,(H,16,17)(H,18,19)(H,12,14,20). The molecule has 1 aromatic heterocycles. The number of urea groups is 1. The molecule has 0 spiro atoms. The van der Waals surface area contributed by atoms with Crippen molar-refractivity contribution in [1.29, 1.82) is 0 Å². The lowest BCUT2D eigenvalue weighted by molar-refractivity contribution is -0.140. The highest BCUT2D eigenvalue weighted by atomic mass is 32.1. The average Bonchev–Trinajstić information content (AvgIpc) is 2.73. The maximum absolute atomic E-state index is 11.8. The molecule has 0 aliphatic heterocycles. The number of carboxylic acids is 2. The zero-order chi connectivity index (χ0) is 16.0. The van der Waals surface area contributed by atoms with Crippen LogP contribution in [0.1, 0.15) is 18.9 Å². The van der Waals surface area contributed by atoms with Gasteiger partial charge in [-0.2, -0.15) is 0 Å². The number of carbonyl (C=O) groups excluding carboxylic acids is 1. The molecule has 116 valence electrons. The summed E-state index contributed by atoms with van der Waals surface area (Å²) < 4.78 is 0. The molecule has 0 saturated heterocycles. The number of hydrogen-bond acceptors (Lipinski definition) is 6. The molecule has 21 heavy (non-hydrogen) atoms. The summed E-state index contributed by atoms with van der Waals surface area (Å²) in [5.41, 5.74) is 0. The largest absolute Gasteiger partial charge is 0.480 e. The normalized spacial score (nSPS) is 10.4. The van der Waals surface area contributed by atoms with Gasteiger partial charge in [0.25, 0.3) is 0 Å². The first-order chi connectivity index (χ1) is 9.77. The van der Waals surface area contributed by atoms with Gasteiger partial charge in [-0.25, -0.2) is 4.79 Å². The number of rotatable bonds is 7. The number of carbonyl (C=O) groups is 3. The summed E-state index contributed by atoms with van der Waals surface area (Å²) >= 11 is 1.17. The first-order valence-corrected chi connectivity index (χ1v) is 6.91. The van der Waals surface area contributed by atoms with Crippen LogP contribution >= 0.6 is 11.3 Å². The number of hydrogen-bond donors (Lipinski definition) is 3. The second-order valence-electron chi connectivity index (χ2n) is 4.67. The minimum absolute atomic E-state index is 0.205. The molecule has 10 heteroatoms. The Bertz CT molecular complexity index is 514. The van der Waals surface area contributed by atoms with Crippen molar-refractivity contribution in [3.8, 4) is 0 Å². The van der Waals surface area contributed by atoms with Crippen molar-refractivity contribution < 1.29 is 24.6 Å². The topological polar surface area (TPSA) is 133 Å². The Morgan fingerprint density at radius 2 is 1.76 bits per heavy atom. The van der Waals surface area contributed by atoms with Crippen LogP contribution in [0.5, 0.6) is 0 Å². The van der Waals surface area contributed by atoms with Gasteiger partial charge in [-0.05, 0) is 5.92 Å². The Kier molecular flexibility index (Phi) is 6.03. The Hall–Kier alpha value is -2.23. The van der Waals surface area contributed by atoms with Crippen molar-refractivity contribution in [2.24, 2.45) is 5.92 Å². The fourth-order valence-corrected chi connectivity index (χ4v) is 2.37. The molecule has 0 aliphatic rings. The van der Waals surface area contributed by atoms with Crippen molar-refractivity contribution in [1.82, 2.24) is 15.1 Å². The summed E-state index contributed by atoms with van der Waals surface area (Å²) in [7, 11) is 0. The minimum Gasteiger partial charge on any atom is -0.480 e. The third kappa shape index (κ3) is 6.17. The Balaban J connectivity index is 2.69. The van der Waals surface area contributed by atoms with E-state index in [2.05, 4.69) is 15.5 Å². The average molecular weight is 316 g/mol. The van der Waals surface area contributed by atoms with Crippen molar-refractivity contribution >= 4 is 34.4 Å². The fourth-order valence-electron chi connectivity index (χ4n) is 1.43. The highest BCUT2D eigenvalue weighted by molar-refractivity contribution is 7.15. The molecule has 2 amide bonds. The van der Waals surface area contributed by atoms with Crippen LogP contribution in [-0.4, -0.2) is 56.4 Å². The van der Waals surface area contributed by atoms with Crippen LogP contribution in [0.25, 0.3) is 0 Å². The van der Waals surface area contributed by atoms with Gasteiger partial charge in [-0.3, -0.25) is 14.9 Å². The molecule has 0 bridgehead atoms. The molecule has 0 unspecified atom stereocenters. The van der Waals surface area contributed by atoms with Crippen LogP contribution in [-0.2, 0) is 16.0 Å². The SMILES string of the molecule is CC(C)Cc1nnc(NC(=O)N(CC(=O)O)CC(=O)O)s1. The highest BCUT2D eigenvalue weighted by Gasteiger charge is 2.21. The molecule has 9 nitrogen and oxygen atoms in total. The van der Waals surface area contributed by atoms with E-state index in [0.717, 1.165) is 5.01 Å². The van der Waals surface area contributed by atoms with Gasteiger partial charge < -0.3 is 15.1 Å². The van der Waals surface area contributed by atoms with Crippen LogP contribution in [0.3, 0.4) is 0 Å². The minimum atomic E-state index is -1.30. The van der Waals surface area contributed by atoms with Gasteiger partial charge in [0.1, 0.15) is 18.1 Å². The summed E-state index contributed by atoms with van der Waals surface area (Å²) in [6.45, 7) is 2.60. The van der Waals surface area contributed by atoms with E-state index >= 15 is 0 Å². The van der Waals surface area contributed by atoms with Crippen LogP contribution in [0.15, 0.2) is 0 Å². The smallest absolute Gasteiger partial charge is 0.324 e. The van der Waals surface area contributed by atoms with Gasteiger partial charge in [-0.1, -0.05) is 25.2 Å². The molecule has 0 aliphatic carbocycles. The summed E-state index contributed by atoms with van der Waals surface area (Å²) in [4.78, 5) is 33.8. The van der Waals surface area contributed by atoms with E-state index in [0.29, 0.717) is 17.2 Å². The summed E-state index contributed by atoms with van der Waals surface area (Å²) in [6, 6.07) is -0.841. The van der Waals surface area contributed by atoms with Crippen molar-refractivity contribution in [3.05, 3.63) is 5.01 Å². The van der Waals surface area contributed by atoms with Gasteiger partial charge >= 0.3 is 18.0 Å². The van der Waals surface area contributed by atoms with Gasteiger partial charge in [0.05, 0.1) is 0 Å². The number of aromatic nitrogens is 2. The highest BCUT2D eigenvalue weighted by Crippen LogP contribution is 2.18. The van der Waals surface area contributed by atoms with Crippen LogP contribution < -0.4 is 5.32 Å². The zero-order valence-electron chi connectivity index (χ0n) is 11.6. The van der Waals surface area contributed by atoms with Crippen LogP contribution in [0, 0.1) is 5.92 Å². The van der Waals surface area contributed by atoms with E-state index < -0.39 is 31.1 Å². The first-order valence-electron chi connectivity index (χ1n) is 6.09. The third-order valence-electron chi connectivity index (χ3n) is 2.20. The number of amides is 2. The van der Waals surface area contributed by atoms with E-state index in [1.807, 2.05) is 13.8 Å². The van der Waals surface area contributed by atoms with Crippen LogP contribution in [0.2, 0.25) is 0 Å². The second-order valence-corrected chi connectivity index (χ2v) is 5.73. The molecule has 1 rings (SSSR count). The lowest BCUT2D eigenvalue weighted by Gasteiger charge is -2.17. The van der Waals surface area contributed by atoms with E-state index in [1.54, 1.807) is 0 Å². The molecule has 1 aromatic rings. The second kappa shape index (κ2) is 7.53. The Morgan fingerprint density at radius 1 is 1.19 bits per heavy atom. The Morgan fingerprint density at radius 3 is 2.24 bits per heavy atom. The van der Waals surface area contributed by atoms with E-state index in [4.69, 9.17) is 10.2 Å². The predicted molar refractivity (Wildman–Crippen MR) is 74.3 cm³/mol. The molecule has 0 atom stereocenters. The zero-order valence-corrected chi connectivity index (χ0v) is 12.4. The lowest BCUT2D eigenvalue weighted by atomic mass is 10.1. The number of aliphatic carboxylic acids is 2. The molecular formula is C11H16N4O5S. The molecule has 0 aromatic carbocycles. The van der Waals surface area contributed by atoms with Crippen molar-refractivity contribution in [2.45, 2.75) is 20.3 Å². The number of carboxylic acid groups (broad SMARTS) is 2. The molecule has 1 heterocycles. The van der Waals surface area contributed by atoms with Crippen LogP contribution in [0.4, 0.5) is 9.93 Å². The Labute approximate surface area is 124 Å². The van der Waals surface area contributed by atoms with Gasteiger partial charge in [0.15, 0.2) is 0 Å². The van der Waals surface area contributed by atoms with E-state index in [-0.39, 0.29) is 5.13 Å². The van der Waals surface area contributed by atoms with E-state index in [1.165, 1.54) is 11.3 Å². The first kappa shape index (κ1) is 16.8. The van der Waals surface area contributed by atoms with Gasteiger partial charge in [-0.15, -0.1) is 10.2 Å². The van der Waals surface area contributed by atoms with Crippen molar-refractivity contribution in [3.63, 3.8) is 0 Å².